The van der Waals surface area contributed by atoms with Gasteiger partial charge in [-0.25, -0.2) is 19.9 Å². The Bertz CT molecular complexity index is 1170. The average Bonchev–Trinajstić information content (AvgIpc) is 2.97. The van der Waals surface area contributed by atoms with Crippen molar-refractivity contribution in [3.63, 3.8) is 0 Å². The molecule has 2 aromatic rings. The topological polar surface area (TPSA) is 128 Å². The SMILES string of the molecule is C=C(/C=C\C=C/C)[C@H]1[C@@H](c2cc(SCCN)nc(NCCC(C)C)n2)[C@H](C)[C@@H]1c1cc(SCCN)nc(NCCC(C)C)n1. The molecule has 8 nitrogen and oxygen atoms in total. The van der Waals surface area contributed by atoms with E-state index < -0.39 is 0 Å². The molecule has 0 radical (unpaired) electrons. The van der Waals surface area contributed by atoms with Crippen LogP contribution in [-0.2, 0) is 0 Å². The third-order valence-electron chi connectivity index (χ3n) is 7.82. The van der Waals surface area contributed by atoms with Crippen molar-refractivity contribution in [2.45, 2.75) is 76.3 Å². The molecule has 1 saturated carbocycles. The zero-order valence-corrected chi connectivity index (χ0v) is 29.2. The van der Waals surface area contributed by atoms with Crippen LogP contribution in [-0.4, -0.2) is 57.6 Å². The molecule has 2 aromatic heterocycles. The van der Waals surface area contributed by atoms with Gasteiger partial charge in [-0.1, -0.05) is 71.1 Å². The lowest BCUT2D eigenvalue weighted by molar-refractivity contribution is 0.136. The minimum Gasteiger partial charge on any atom is -0.354 e. The molecule has 0 spiro atoms. The van der Waals surface area contributed by atoms with E-state index in [1.165, 1.54) is 0 Å². The molecule has 2 atom stereocenters. The molecule has 44 heavy (non-hydrogen) atoms. The highest BCUT2D eigenvalue weighted by Gasteiger charge is 2.51. The molecule has 1 fully saturated rings. The van der Waals surface area contributed by atoms with Gasteiger partial charge in [0.05, 0.1) is 11.4 Å². The van der Waals surface area contributed by atoms with Crippen molar-refractivity contribution in [2.24, 2.45) is 35.1 Å². The summed E-state index contributed by atoms with van der Waals surface area (Å²) >= 11 is 3.37. The average molecular weight is 639 g/mol. The second-order valence-corrected chi connectivity index (χ2v) is 14.5. The zero-order valence-electron chi connectivity index (χ0n) is 27.6. The van der Waals surface area contributed by atoms with Crippen LogP contribution in [0.1, 0.15) is 77.6 Å². The van der Waals surface area contributed by atoms with Crippen molar-refractivity contribution in [1.29, 1.82) is 0 Å². The Labute approximate surface area is 274 Å². The Morgan fingerprint density at radius 1 is 0.841 bits per heavy atom. The van der Waals surface area contributed by atoms with Gasteiger partial charge in [0, 0.05) is 55.4 Å². The minimum atomic E-state index is 0.128. The van der Waals surface area contributed by atoms with E-state index in [2.05, 4.69) is 76.1 Å². The monoisotopic (exact) mass is 638 g/mol. The number of aromatic nitrogens is 4. The summed E-state index contributed by atoms with van der Waals surface area (Å²) in [5.41, 5.74) is 14.9. The molecule has 0 saturated heterocycles. The lowest BCUT2D eigenvalue weighted by Crippen LogP contribution is -2.43. The van der Waals surface area contributed by atoms with Gasteiger partial charge in [0.1, 0.15) is 10.1 Å². The number of thioether (sulfide) groups is 2. The second-order valence-electron chi connectivity index (χ2n) is 12.3. The summed E-state index contributed by atoms with van der Waals surface area (Å²) in [7, 11) is 0. The van der Waals surface area contributed by atoms with Gasteiger partial charge in [-0.05, 0) is 49.7 Å². The third kappa shape index (κ3) is 10.6. The van der Waals surface area contributed by atoms with Crippen LogP contribution in [0, 0.1) is 23.7 Å². The van der Waals surface area contributed by atoms with Crippen LogP contribution in [0.5, 0.6) is 0 Å². The number of nitrogens with two attached hydrogens (primary N) is 2. The fourth-order valence-corrected chi connectivity index (χ4v) is 6.89. The summed E-state index contributed by atoms with van der Waals surface area (Å²) in [6.07, 6.45) is 10.4. The lowest BCUT2D eigenvalue weighted by Gasteiger charge is -2.51. The molecular weight excluding hydrogens is 585 g/mol. The van der Waals surface area contributed by atoms with Crippen LogP contribution < -0.4 is 22.1 Å². The second kappa shape index (κ2) is 18.5. The van der Waals surface area contributed by atoms with Gasteiger partial charge in [-0.15, -0.1) is 23.5 Å². The maximum Gasteiger partial charge on any atom is 0.223 e. The van der Waals surface area contributed by atoms with E-state index in [1.54, 1.807) is 23.5 Å². The number of nitrogens with zero attached hydrogens (tertiary/aromatic N) is 4. The van der Waals surface area contributed by atoms with E-state index >= 15 is 0 Å². The smallest absolute Gasteiger partial charge is 0.223 e. The first-order valence-corrected chi connectivity index (χ1v) is 18.0. The molecule has 3 rings (SSSR count). The van der Waals surface area contributed by atoms with Crippen LogP contribution in [0.15, 0.2) is 58.6 Å². The van der Waals surface area contributed by atoms with E-state index in [-0.39, 0.29) is 23.7 Å². The molecule has 2 heterocycles. The van der Waals surface area contributed by atoms with E-state index in [0.717, 1.165) is 64.4 Å². The molecule has 0 aromatic carbocycles. The van der Waals surface area contributed by atoms with Crippen molar-refractivity contribution < 1.29 is 0 Å². The first-order chi connectivity index (χ1) is 21.2. The zero-order chi connectivity index (χ0) is 32.1. The number of nitrogens with one attached hydrogen (secondary N) is 2. The van der Waals surface area contributed by atoms with Crippen LogP contribution >= 0.6 is 23.5 Å². The van der Waals surface area contributed by atoms with Crippen LogP contribution in [0.2, 0.25) is 0 Å². The third-order valence-corrected chi connectivity index (χ3v) is 9.71. The number of allylic oxidation sites excluding steroid dienone is 5. The normalized spacial score (nSPS) is 20.1. The fourth-order valence-electron chi connectivity index (χ4n) is 5.53. The molecule has 1 aliphatic rings. The first-order valence-electron chi connectivity index (χ1n) is 16.1. The minimum absolute atomic E-state index is 0.128. The largest absolute Gasteiger partial charge is 0.354 e. The summed E-state index contributed by atoms with van der Waals surface area (Å²) in [6, 6.07) is 4.31. The number of rotatable bonds is 19. The number of hydrogen-bond donors (Lipinski definition) is 4. The molecule has 0 aliphatic heterocycles. The van der Waals surface area contributed by atoms with E-state index in [0.29, 0.717) is 36.8 Å². The van der Waals surface area contributed by atoms with Gasteiger partial charge in [0.2, 0.25) is 11.9 Å². The van der Waals surface area contributed by atoms with Crippen molar-refractivity contribution >= 4 is 35.4 Å². The summed E-state index contributed by atoms with van der Waals surface area (Å²) in [4.78, 5) is 19.8. The first kappa shape index (κ1) is 36.1. The highest BCUT2D eigenvalue weighted by Crippen LogP contribution is 2.59. The Morgan fingerprint density at radius 2 is 1.32 bits per heavy atom. The van der Waals surface area contributed by atoms with Crippen molar-refractivity contribution in [3.05, 3.63) is 60.0 Å². The molecule has 1 aliphatic carbocycles. The van der Waals surface area contributed by atoms with Gasteiger partial charge >= 0.3 is 0 Å². The Morgan fingerprint density at radius 3 is 1.73 bits per heavy atom. The predicted octanol–water partition coefficient (Wildman–Crippen LogP) is 7.11. The van der Waals surface area contributed by atoms with E-state index in [9.17, 15) is 0 Å². The van der Waals surface area contributed by atoms with E-state index in [1.807, 2.05) is 19.1 Å². The van der Waals surface area contributed by atoms with Gasteiger partial charge in [0.25, 0.3) is 0 Å². The summed E-state index contributed by atoms with van der Waals surface area (Å²) < 4.78 is 0. The van der Waals surface area contributed by atoms with Crippen LogP contribution in [0.25, 0.3) is 0 Å². The fraction of sp³-hybridized carbons (Fsp3) is 0.588. The standard InChI is InChI=1S/C34H54N8S2/c1-8-9-10-11-24(6)30-31(26-20-28(43-18-14-35)41-33(39-26)37-16-12-22(2)3)25(7)32(30)27-21-29(44-19-15-36)42-34(40-27)38-17-13-23(4)5/h8-11,20-23,25,30-32H,6,12-19,35-36H2,1-5,7H3,(H,37,39,41)(H,38,40,42)/b9-8-,11-10-/t25-,30-,31-,32-/m1/s1. The van der Waals surface area contributed by atoms with Crippen LogP contribution in [0.4, 0.5) is 11.9 Å². The van der Waals surface area contributed by atoms with Gasteiger partial charge < -0.3 is 22.1 Å². The van der Waals surface area contributed by atoms with Crippen molar-refractivity contribution in [2.75, 3.05) is 48.3 Å². The van der Waals surface area contributed by atoms with Gasteiger partial charge in [0.15, 0.2) is 0 Å². The van der Waals surface area contributed by atoms with Crippen molar-refractivity contribution in [3.8, 4) is 0 Å². The van der Waals surface area contributed by atoms with E-state index in [4.69, 9.17) is 31.4 Å². The Balaban J connectivity index is 2.03. The molecule has 0 bridgehead atoms. The highest BCUT2D eigenvalue weighted by atomic mass is 32.2. The number of anilines is 2. The van der Waals surface area contributed by atoms with Gasteiger partial charge in [-0.2, -0.15) is 0 Å². The molecule has 6 N–H and O–H groups in total. The summed E-state index contributed by atoms with van der Waals surface area (Å²) in [5.74, 6) is 4.94. The quantitative estimate of drug-likeness (QED) is 0.0718. The lowest BCUT2D eigenvalue weighted by atomic mass is 9.53. The highest BCUT2D eigenvalue weighted by molar-refractivity contribution is 7.99. The Kier molecular flexibility index (Phi) is 15.2. The maximum atomic E-state index is 5.86. The van der Waals surface area contributed by atoms with Crippen molar-refractivity contribution in [1.82, 2.24) is 19.9 Å². The molecule has 10 heteroatoms. The summed E-state index contributed by atoms with van der Waals surface area (Å²) in [6.45, 7) is 20.7. The number of hydrogen-bond acceptors (Lipinski definition) is 10. The summed E-state index contributed by atoms with van der Waals surface area (Å²) in [5, 5.41) is 8.88. The molecule has 242 valence electrons. The Hall–Kier alpha value is -2.40. The molecule has 0 unspecified atom stereocenters. The van der Waals surface area contributed by atoms with Crippen LogP contribution in [0.3, 0.4) is 0 Å². The maximum absolute atomic E-state index is 5.86. The molecule has 0 amide bonds. The van der Waals surface area contributed by atoms with Gasteiger partial charge in [-0.3, -0.25) is 0 Å². The predicted molar refractivity (Wildman–Crippen MR) is 191 cm³/mol. The molecular formula is C34H54N8S2.